The molecule has 0 aliphatic carbocycles. The number of benzene rings is 4. The third-order valence-electron chi connectivity index (χ3n) is 8.68. The molecule has 0 radical (unpaired) electrons. The van der Waals surface area contributed by atoms with Crippen molar-refractivity contribution >= 4 is 18.1 Å². The number of rotatable bonds is 12. The average Bonchev–Trinajstić information content (AvgIpc) is 3.66. The number of ether oxygens (including phenoxy) is 4. The maximum atomic E-state index is 15.0. The Morgan fingerprint density at radius 2 is 1.42 bits per heavy atom. The highest BCUT2D eigenvalue weighted by Gasteiger charge is 2.43. The van der Waals surface area contributed by atoms with E-state index in [1.165, 1.54) is 6.07 Å². The molecule has 1 aliphatic rings. The fraction of sp³-hybridized carbons (Fsp3) is 0.275. The van der Waals surface area contributed by atoms with Gasteiger partial charge in [0.05, 0.1) is 0 Å². The van der Waals surface area contributed by atoms with Gasteiger partial charge in [0.15, 0.2) is 12.4 Å². The lowest BCUT2D eigenvalue weighted by molar-refractivity contribution is -0.212. The van der Waals surface area contributed by atoms with Gasteiger partial charge < -0.3 is 23.5 Å². The number of aromatic nitrogens is 2. The van der Waals surface area contributed by atoms with Gasteiger partial charge in [0.1, 0.15) is 12.4 Å². The zero-order chi connectivity index (χ0) is 36.5. The predicted molar refractivity (Wildman–Crippen MR) is 188 cm³/mol. The third kappa shape index (κ3) is 9.26. The van der Waals surface area contributed by atoms with Gasteiger partial charge in [0.25, 0.3) is 11.7 Å². The Kier molecular flexibility index (Phi) is 11.4. The second-order valence-electron chi connectivity index (χ2n) is 12.8. The van der Waals surface area contributed by atoms with Gasteiger partial charge in [-0.15, -0.1) is 0 Å². The highest BCUT2D eigenvalue weighted by Crippen LogP contribution is 2.31. The van der Waals surface area contributed by atoms with E-state index in [1.54, 1.807) is 38.1 Å². The molecule has 1 saturated heterocycles. The molecule has 6 rings (SSSR count). The number of nitrogens with zero attached hydrogens (tertiary/aromatic N) is 3. The highest BCUT2D eigenvalue weighted by atomic mass is 19.1. The molecule has 5 aromatic rings. The summed E-state index contributed by atoms with van der Waals surface area (Å²) in [5.74, 6) is -2.03. The van der Waals surface area contributed by atoms with Crippen molar-refractivity contribution in [1.29, 1.82) is 0 Å². The Hall–Kier alpha value is -5.88. The van der Waals surface area contributed by atoms with Crippen molar-refractivity contribution in [3.8, 4) is 34.0 Å². The van der Waals surface area contributed by atoms with Crippen LogP contribution < -0.4 is 0 Å². The smallest absolute Gasteiger partial charge is 0.429 e. The molecule has 0 amide bonds. The van der Waals surface area contributed by atoms with E-state index in [0.717, 1.165) is 22.3 Å². The van der Waals surface area contributed by atoms with E-state index < -0.39 is 24.7 Å². The molecular formula is C40H38FN3O8. The first-order valence-electron chi connectivity index (χ1n) is 17.0. The van der Waals surface area contributed by atoms with Crippen molar-refractivity contribution in [3.63, 3.8) is 0 Å². The number of hydrogen-bond donors (Lipinski definition) is 0. The minimum Gasteiger partial charge on any atom is -0.429 e. The normalized spacial score (nSPS) is 14.1. The maximum absolute atomic E-state index is 15.0. The van der Waals surface area contributed by atoms with Crippen LogP contribution in [0.1, 0.15) is 37.8 Å². The molecule has 0 N–H and O–H groups in total. The molecule has 11 nitrogen and oxygen atoms in total. The SMILES string of the molecule is CC(C)C(=O)COC(=O)OC1(OC(=O)OCc2ccccc2)CCN(Cc2ccc(-c3noc(-c4ccc(-c5ccccc5)c(F)c4)n3)cc2)CC1. The fourth-order valence-corrected chi connectivity index (χ4v) is 5.63. The van der Waals surface area contributed by atoms with Gasteiger partial charge in [-0.1, -0.05) is 110 Å². The van der Waals surface area contributed by atoms with Crippen LogP contribution in [0.3, 0.4) is 0 Å². The van der Waals surface area contributed by atoms with E-state index in [0.29, 0.717) is 36.6 Å². The van der Waals surface area contributed by atoms with Gasteiger partial charge in [0, 0.05) is 55.1 Å². The van der Waals surface area contributed by atoms with Crippen molar-refractivity contribution in [2.75, 3.05) is 19.7 Å². The van der Waals surface area contributed by atoms with Crippen molar-refractivity contribution in [2.24, 2.45) is 5.92 Å². The number of halogens is 1. The first kappa shape index (κ1) is 35.9. The predicted octanol–water partition coefficient (Wildman–Crippen LogP) is 8.23. The van der Waals surface area contributed by atoms with Crippen LogP contribution >= 0.6 is 0 Å². The summed E-state index contributed by atoms with van der Waals surface area (Å²) in [5, 5.41) is 4.10. The molecule has 12 heteroatoms. The number of likely N-dealkylation sites (tertiary alicyclic amines) is 1. The standard InChI is InChI=1S/C40H38FN3O8/c1-27(2)35(45)26-49-39(47)51-40(50-38(46)48-25-29-9-5-3-6-10-29)19-21-44(22-20-40)24-28-13-15-31(16-14-28)36-42-37(52-43-36)32-17-18-33(34(41)23-32)30-11-7-4-8-12-30/h3-18,23,27H,19-22,24-26H2,1-2H3. The van der Waals surface area contributed by atoms with E-state index >= 15 is 0 Å². The molecule has 4 aromatic carbocycles. The number of carbonyl (C=O) groups excluding carboxylic acids is 3. The molecule has 1 fully saturated rings. The Balaban J connectivity index is 1.06. The first-order valence-corrected chi connectivity index (χ1v) is 17.0. The average molecular weight is 708 g/mol. The van der Waals surface area contributed by atoms with Crippen LogP contribution in [0.25, 0.3) is 34.0 Å². The van der Waals surface area contributed by atoms with Crippen molar-refractivity contribution < 1.29 is 42.2 Å². The molecule has 0 atom stereocenters. The molecule has 268 valence electrons. The number of ketones is 1. The van der Waals surface area contributed by atoms with Crippen molar-refractivity contribution in [2.45, 2.75) is 45.6 Å². The van der Waals surface area contributed by atoms with Crippen LogP contribution in [0.2, 0.25) is 0 Å². The largest absolute Gasteiger partial charge is 0.512 e. The van der Waals surface area contributed by atoms with Crippen LogP contribution in [0.4, 0.5) is 14.0 Å². The summed E-state index contributed by atoms with van der Waals surface area (Å²) < 4.78 is 41.9. The number of Topliss-reactive ketones (excluding diaryl/α,β-unsaturated/α-hetero) is 1. The van der Waals surface area contributed by atoms with Gasteiger partial charge in [-0.3, -0.25) is 9.69 Å². The summed E-state index contributed by atoms with van der Waals surface area (Å²) in [7, 11) is 0. The van der Waals surface area contributed by atoms with Gasteiger partial charge >= 0.3 is 12.3 Å². The molecule has 1 aromatic heterocycles. The second-order valence-corrected chi connectivity index (χ2v) is 12.8. The lowest BCUT2D eigenvalue weighted by atomic mass is 10.0. The second kappa shape index (κ2) is 16.4. The van der Waals surface area contributed by atoms with E-state index in [4.69, 9.17) is 23.5 Å². The first-order chi connectivity index (χ1) is 25.2. The van der Waals surface area contributed by atoms with Gasteiger partial charge in [-0.25, -0.2) is 14.0 Å². The van der Waals surface area contributed by atoms with Crippen LogP contribution in [0.5, 0.6) is 0 Å². The number of carbonyl (C=O) groups is 3. The fourth-order valence-electron chi connectivity index (χ4n) is 5.63. The summed E-state index contributed by atoms with van der Waals surface area (Å²) in [5.41, 5.74) is 4.22. The summed E-state index contributed by atoms with van der Waals surface area (Å²) in [4.78, 5) is 44.0. The lowest BCUT2D eigenvalue weighted by Crippen LogP contribution is -2.49. The third-order valence-corrected chi connectivity index (χ3v) is 8.68. The van der Waals surface area contributed by atoms with Crippen molar-refractivity contribution in [3.05, 3.63) is 120 Å². The molecule has 52 heavy (non-hydrogen) atoms. The molecule has 2 heterocycles. The van der Waals surface area contributed by atoms with Crippen LogP contribution in [-0.4, -0.2) is 58.6 Å². The van der Waals surface area contributed by atoms with Gasteiger partial charge in [0.2, 0.25) is 5.82 Å². The van der Waals surface area contributed by atoms with E-state index in [-0.39, 0.29) is 42.9 Å². The minimum atomic E-state index is -1.63. The summed E-state index contributed by atoms with van der Waals surface area (Å²) >= 11 is 0. The van der Waals surface area contributed by atoms with Gasteiger partial charge in [-0.05, 0) is 28.8 Å². The quantitative estimate of drug-likeness (QED) is 0.0918. The highest BCUT2D eigenvalue weighted by molar-refractivity contribution is 5.83. The maximum Gasteiger partial charge on any atom is 0.512 e. The molecule has 0 unspecified atom stereocenters. The summed E-state index contributed by atoms with van der Waals surface area (Å²) in [6, 6.07) is 30.9. The van der Waals surface area contributed by atoms with Crippen LogP contribution in [-0.2, 0) is 36.9 Å². The Labute approximate surface area is 300 Å². The topological polar surface area (TPSA) is 130 Å². The monoisotopic (exact) mass is 707 g/mol. The molecule has 0 spiro atoms. The van der Waals surface area contributed by atoms with E-state index in [9.17, 15) is 18.8 Å². The molecule has 1 aliphatic heterocycles. The van der Waals surface area contributed by atoms with Gasteiger partial charge in [-0.2, -0.15) is 4.98 Å². The Morgan fingerprint density at radius 1 is 0.788 bits per heavy atom. The minimum absolute atomic E-state index is 0.0171. The Bertz CT molecular complexity index is 1980. The summed E-state index contributed by atoms with van der Waals surface area (Å²) in [6.45, 7) is 4.33. The molecule has 0 saturated carbocycles. The van der Waals surface area contributed by atoms with Crippen LogP contribution in [0, 0.1) is 11.7 Å². The molecular weight excluding hydrogens is 669 g/mol. The van der Waals surface area contributed by atoms with Crippen LogP contribution in [0.15, 0.2) is 108 Å². The van der Waals surface area contributed by atoms with E-state index in [1.807, 2.05) is 72.8 Å². The Morgan fingerprint density at radius 3 is 2.08 bits per heavy atom. The van der Waals surface area contributed by atoms with Crippen molar-refractivity contribution in [1.82, 2.24) is 15.0 Å². The number of piperidine rings is 1. The van der Waals surface area contributed by atoms with E-state index in [2.05, 4.69) is 15.0 Å². The molecule has 0 bridgehead atoms. The number of hydrogen-bond acceptors (Lipinski definition) is 11. The zero-order valence-electron chi connectivity index (χ0n) is 28.8. The summed E-state index contributed by atoms with van der Waals surface area (Å²) in [6.07, 6.45) is -1.79. The zero-order valence-corrected chi connectivity index (χ0v) is 28.8. The lowest BCUT2D eigenvalue weighted by Gasteiger charge is -2.39.